The highest BCUT2D eigenvalue weighted by Gasteiger charge is 2.46. The maximum atomic E-state index is 14.4. The maximum Gasteiger partial charge on any atom is 0.210 e. The molecule has 0 saturated carbocycles. The molecule has 6 atom stereocenters. The number of rotatable bonds is 4. The van der Waals surface area contributed by atoms with Gasteiger partial charge in [-0.2, -0.15) is 15.4 Å². The molecular weight excluding hydrogens is 421 g/mol. The normalized spacial score (nSPS) is 31.1. The van der Waals surface area contributed by atoms with Crippen molar-refractivity contribution in [2.45, 2.75) is 80.2 Å². The van der Waals surface area contributed by atoms with Crippen LogP contribution in [0.4, 0.5) is 4.39 Å². The molecule has 1 N–H and O–H groups in total. The molecule has 2 unspecified atom stereocenters. The van der Waals surface area contributed by atoms with Crippen molar-refractivity contribution >= 4 is 18.6 Å². The van der Waals surface area contributed by atoms with E-state index in [1.165, 1.54) is 5.01 Å². The van der Waals surface area contributed by atoms with E-state index < -0.39 is 43.2 Å². The predicted molar refractivity (Wildman–Crippen MR) is 121 cm³/mol. The number of hydrogen-bond acceptors (Lipinski definition) is 6. The Bertz CT molecular complexity index is 824. The summed E-state index contributed by atoms with van der Waals surface area (Å²) in [5.41, 5.74) is 6.24. The van der Waals surface area contributed by atoms with E-state index in [2.05, 4.69) is 44.2 Å². The monoisotopic (exact) mass is 455 g/mol. The number of hydrogen-bond donors (Lipinski definition) is 2. The van der Waals surface area contributed by atoms with E-state index in [-0.39, 0.29) is 23.6 Å². The zero-order valence-corrected chi connectivity index (χ0v) is 20.3. The van der Waals surface area contributed by atoms with Gasteiger partial charge in [0.1, 0.15) is 24.2 Å². The Labute approximate surface area is 182 Å². The standard InChI is InChI=1S/C21H34FN3O3SSi/c1-21(2,3)30(5,6)27-14-17-20(26)16(25-18(22)13-23-24-25)12-19(28-17)29(4)15-10-8-7-9-11-15/h4,7-11,16-20,26,29H,12-14H2,1-3,5-6H3/t16-,17-,18?,19-,20+/m1/s1. The zero-order valence-electron chi connectivity index (χ0n) is 18.4. The first-order chi connectivity index (χ1) is 14.0. The third-order valence-electron chi connectivity index (χ3n) is 6.36. The van der Waals surface area contributed by atoms with Crippen LogP contribution in [0.5, 0.6) is 0 Å². The van der Waals surface area contributed by atoms with Gasteiger partial charge in [0.05, 0.1) is 12.6 Å². The fourth-order valence-corrected chi connectivity index (χ4v) is 5.97. The van der Waals surface area contributed by atoms with E-state index in [0.29, 0.717) is 6.42 Å². The zero-order chi connectivity index (χ0) is 22.1. The highest BCUT2D eigenvalue weighted by atomic mass is 32.2. The van der Waals surface area contributed by atoms with Crippen molar-refractivity contribution in [1.29, 1.82) is 0 Å². The largest absolute Gasteiger partial charge is 0.414 e. The Hall–Kier alpha value is -1.22. The second kappa shape index (κ2) is 9.10. The number of aliphatic hydroxyl groups is 1. The fraction of sp³-hybridized carbons (Fsp3) is 0.667. The minimum absolute atomic E-state index is 0.0179. The number of thiol groups is 1. The highest BCUT2D eigenvalue weighted by Crippen LogP contribution is 2.40. The molecule has 0 aromatic heterocycles. The third kappa shape index (κ3) is 4.98. The van der Waals surface area contributed by atoms with Crippen LogP contribution in [0.15, 0.2) is 45.6 Å². The van der Waals surface area contributed by atoms with E-state index in [4.69, 9.17) is 14.9 Å². The first-order valence-electron chi connectivity index (χ1n) is 10.4. The summed E-state index contributed by atoms with van der Waals surface area (Å²) in [5.74, 6) is 0. The van der Waals surface area contributed by atoms with Gasteiger partial charge in [-0.1, -0.05) is 44.2 Å². The Morgan fingerprint density at radius 2 is 2.00 bits per heavy atom. The van der Waals surface area contributed by atoms with Crippen molar-refractivity contribution < 1.29 is 18.7 Å². The van der Waals surface area contributed by atoms with Crippen LogP contribution in [0.2, 0.25) is 18.1 Å². The highest BCUT2D eigenvalue weighted by molar-refractivity contribution is 8.07. The Kier molecular flexibility index (Phi) is 7.11. The molecule has 0 aliphatic carbocycles. The molecule has 0 bridgehead atoms. The van der Waals surface area contributed by atoms with Gasteiger partial charge in [-0.3, -0.25) is 0 Å². The molecule has 2 heterocycles. The summed E-state index contributed by atoms with van der Waals surface area (Å²) in [7, 11) is -3.20. The molecule has 30 heavy (non-hydrogen) atoms. The van der Waals surface area contributed by atoms with Gasteiger partial charge in [0.15, 0.2) is 8.32 Å². The average Bonchev–Trinajstić information content (AvgIpc) is 3.12. The Morgan fingerprint density at radius 3 is 2.57 bits per heavy atom. The van der Waals surface area contributed by atoms with E-state index in [0.717, 1.165) is 4.90 Å². The summed E-state index contributed by atoms with van der Waals surface area (Å²) in [6.07, 6.45) is -2.51. The molecule has 0 amide bonds. The number of halogens is 1. The second-order valence-electron chi connectivity index (χ2n) is 9.46. The van der Waals surface area contributed by atoms with E-state index in [1.807, 2.05) is 30.3 Å². The number of ether oxygens (including phenoxy) is 1. The third-order valence-corrected chi connectivity index (χ3v) is 12.7. The topological polar surface area (TPSA) is 66.7 Å². The minimum atomic E-state index is -2.05. The predicted octanol–water partition coefficient (Wildman–Crippen LogP) is 4.48. The lowest BCUT2D eigenvalue weighted by molar-refractivity contribution is -0.151. The van der Waals surface area contributed by atoms with Crippen molar-refractivity contribution in [3.05, 3.63) is 30.3 Å². The lowest BCUT2D eigenvalue weighted by atomic mass is 9.99. The van der Waals surface area contributed by atoms with Gasteiger partial charge >= 0.3 is 0 Å². The van der Waals surface area contributed by atoms with Gasteiger partial charge in [0, 0.05) is 6.42 Å². The molecule has 0 spiro atoms. The lowest BCUT2D eigenvalue weighted by Gasteiger charge is -2.44. The van der Waals surface area contributed by atoms with Gasteiger partial charge in [-0.25, -0.2) is 9.40 Å². The van der Waals surface area contributed by atoms with E-state index in [9.17, 15) is 9.50 Å². The van der Waals surface area contributed by atoms with Gasteiger partial charge in [0.2, 0.25) is 6.30 Å². The number of alkyl halides is 1. The molecule has 168 valence electrons. The van der Waals surface area contributed by atoms with E-state index in [1.54, 1.807) is 0 Å². The second-order valence-corrected chi connectivity index (χ2v) is 16.2. The summed E-state index contributed by atoms with van der Waals surface area (Å²) < 4.78 is 27.0. The number of benzene rings is 1. The van der Waals surface area contributed by atoms with Crippen molar-refractivity contribution in [3.8, 4) is 5.69 Å². The summed E-state index contributed by atoms with van der Waals surface area (Å²) in [6, 6.07) is 9.21. The SMILES string of the molecule is C#[SH](c1ccccc1)[C@@H]1C[C@@H](N2N=NCC2F)[C@H](O)[C@@H](CO[Si](C)(C)C(C)(C)C)O1. The van der Waals surface area contributed by atoms with Crippen LogP contribution in [0.3, 0.4) is 0 Å². The molecule has 1 saturated heterocycles. The summed E-state index contributed by atoms with van der Waals surface area (Å²) in [5, 5.41) is 20.1. The molecule has 3 rings (SSSR count). The van der Waals surface area contributed by atoms with Crippen LogP contribution >= 0.6 is 10.3 Å². The quantitative estimate of drug-likeness (QED) is 0.399. The van der Waals surface area contributed by atoms with Crippen LogP contribution < -0.4 is 0 Å². The van der Waals surface area contributed by atoms with Gasteiger partial charge in [-0.15, -0.1) is 5.69 Å². The van der Waals surface area contributed by atoms with Crippen LogP contribution in [-0.4, -0.2) is 61.6 Å². The smallest absolute Gasteiger partial charge is 0.210 e. The van der Waals surface area contributed by atoms with Crippen molar-refractivity contribution in [1.82, 2.24) is 5.01 Å². The summed E-state index contributed by atoms with van der Waals surface area (Å²) in [6.45, 7) is 11.0. The molecular formula is C21H34FN3O3SSi. The van der Waals surface area contributed by atoms with E-state index >= 15 is 0 Å². The molecule has 0 radical (unpaired) electrons. The van der Waals surface area contributed by atoms with Gasteiger partial charge in [0.25, 0.3) is 0 Å². The Balaban J connectivity index is 1.82. The lowest BCUT2D eigenvalue weighted by Crippen LogP contribution is -2.57. The molecule has 1 fully saturated rings. The van der Waals surface area contributed by atoms with Crippen molar-refractivity contribution in [3.63, 3.8) is 0 Å². The first-order valence-corrected chi connectivity index (χ1v) is 14.8. The molecule has 1 aromatic rings. The number of aliphatic hydroxyl groups excluding tert-OH is 1. The van der Waals surface area contributed by atoms with Crippen LogP contribution in [0, 0.1) is 5.69 Å². The van der Waals surface area contributed by atoms with Crippen molar-refractivity contribution in [2.75, 3.05) is 13.2 Å². The molecule has 6 nitrogen and oxygen atoms in total. The first kappa shape index (κ1) is 23.4. The van der Waals surface area contributed by atoms with Crippen LogP contribution in [-0.2, 0) is 9.16 Å². The molecule has 1 aromatic carbocycles. The van der Waals surface area contributed by atoms with Gasteiger partial charge in [-0.05, 0) is 35.2 Å². The fourth-order valence-electron chi connectivity index (χ4n) is 3.38. The summed E-state index contributed by atoms with van der Waals surface area (Å²) >= 11 is 0. The molecule has 2 aliphatic heterocycles. The molecule has 2 aliphatic rings. The summed E-state index contributed by atoms with van der Waals surface area (Å²) in [4.78, 5) is 0.997. The minimum Gasteiger partial charge on any atom is -0.414 e. The maximum absolute atomic E-state index is 14.4. The molecule has 9 heteroatoms. The average molecular weight is 456 g/mol. The van der Waals surface area contributed by atoms with Gasteiger partial charge < -0.3 is 14.3 Å². The van der Waals surface area contributed by atoms with Crippen molar-refractivity contribution in [2.24, 2.45) is 10.3 Å². The van der Waals surface area contributed by atoms with Crippen LogP contribution in [0.25, 0.3) is 0 Å². The number of nitrogens with zero attached hydrogens (tertiary/aromatic N) is 3. The Morgan fingerprint density at radius 1 is 1.33 bits per heavy atom. The van der Waals surface area contributed by atoms with Crippen LogP contribution in [0.1, 0.15) is 27.2 Å².